The Morgan fingerprint density at radius 2 is 2.25 bits per heavy atom. The summed E-state index contributed by atoms with van der Waals surface area (Å²) in [7, 11) is 0. The van der Waals surface area contributed by atoms with Gasteiger partial charge in [0.05, 0.1) is 0 Å². The van der Waals surface area contributed by atoms with Crippen molar-refractivity contribution in [3.8, 4) is 0 Å². The average molecular weight is 240 g/mol. The van der Waals surface area contributed by atoms with E-state index in [0.29, 0.717) is 16.5 Å². The van der Waals surface area contributed by atoms with Crippen LogP contribution in [0.4, 0.5) is 5.69 Å². The smallest absolute Gasteiger partial charge is 0.152 e. The highest BCUT2D eigenvalue weighted by Crippen LogP contribution is 2.19. The number of carbonyl (C=O) groups is 1. The SMILES string of the molecule is CCCC(C)CNc1ccc(Cl)cc1C=O. The van der Waals surface area contributed by atoms with Crippen molar-refractivity contribution in [3.63, 3.8) is 0 Å². The molecule has 88 valence electrons. The molecule has 0 amide bonds. The minimum atomic E-state index is 0.592. The van der Waals surface area contributed by atoms with Crippen LogP contribution in [-0.2, 0) is 0 Å². The lowest BCUT2D eigenvalue weighted by molar-refractivity contribution is 0.112. The number of anilines is 1. The van der Waals surface area contributed by atoms with Crippen LogP contribution in [0.3, 0.4) is 0 Å². The summed E-state index contributed by atoms with van der Waals surface area (Å²) in [5.74, 6) is 0.611. The van der Waals surface area contributed by atoms with Crippen LogP contribution in [0.2, 0.25) is 5.02 Å². The molecule has 3 heteroatoms. The van der Waals surface area contributed by atoms with Crippen LogP contribution >= 0.6 is 11.6 Å². The summed E-state index contributed by atoms with van der Waals surface area (Å²) in [5.41, 5.74) is 1.48. The molecule has 16 heavy (non-hydrogen) atoms. The highest BCUT2D eigenvalue weighted by Gasteiger charge is 2.04. The molecule has 1 aromatic carbocycles. The lowest BCUT2D eigenvalue weighted by Crippen LogP contribution is -2.12. The zero-order valence-corrected chi connectivity index (χ0v) is 10.6. The third kappa shape index (κ3) is 3.86. The van der Waals surface area contributed by atoms with Gasteiger partial charge in [0.1, 0.15) is 0 Å². The van der Waals surface area contributed by atoms with E-state index in [1.807, 2.05) is 6.07 Å². The van der Waals surface area contributed by atoms with Crippen molar-refractivity contribution >= 4 is 23.6 Å². The molecule has 0 aliphatic rings. The number of aldehydes is 1. The van der Waals surface area contributed by atoms with Crippen LogP contribution in [-0.4, -0.2) is 12.8 Å². The monoisotopic (exact) mass is 239 g/mol. The second-order valence-corrected chi connectivity index (χ2v) is 4.56. The molecule has 1 atom stereocenters. The molecular weight excluding hydrogens is 222 g/mol. The zero-order chi connectivity index (χ0) is 12.0. The number of rotatable bonds is 6. The predicted molar refractivity (Wildman–Crippen MR) is 69.4 cm³/mol. The molecule has 1 rings (SSSR count). The quantitative estimate of drug-likeness (QED) is 0.761. The van der Waals surface area contributed by atoms with E-state index in [4.69, 9.17) is 11.6 Å². The Hall–Kier alpha value is -1.02. The fourth-order valence-corrected chi connectivity index (χ4v) is 1.85. The van der Waals surface area contributed by atoms with Crippen molar-refractivity contribution in [2.75, 3.05) is 11.9 Å². The lowest BCUT2D eigenvalue weighted by Gasteiger charge is -2.13. The maximum atomic E-state index is 10.9. The van der Waals surface area contributed by atoms with Gasteiger partial charge in [0, 0.05) is 22.8 Å². The Morgan fingerprint density at radius 3 is 2.88 bits per heavy atom. The minimum Gasteiger partial charge on any atom is -0.384 e. The molecule has 0 aliphatic carbocycles. The van der Waals surface area contributed by atoms with Crippen molar-refractivity contribution < 1.29 is 4.79 Å². The van der Waals surface area contributed by atoms with Crippen LogP contribution < -0.4 is 5.32 Å². The molecule has 0 aliphatic heterocycles. The molecule has 0 spiro atoms. The van der Waals surface area contributed by atoms with Crippen molar-refractivity contribution in [2.45, 2.75) is 26.7 Å². The van der Waals surface area contributed by atoms with E-state index in [2.05, 4.69) is 19.2 Å². The van der Waals surface area contributed by atoms with Crippen molar-refractivity contribution in [1.82, 2.24) is 0 Å². The summed E-state index contributed by atoms with van der Waals surface area (Å²) in [6.45, 7) is 5.26. The first-order valence-corrected chi connectivity index (χ1v) is 6.03. The largest absolute Gasteiger partial charge is 0.384 e. The van der Waals surface area contributed by atoms with Gasteiger partial charge in [-0.05, 0) is 30.5 Å². The van der Waals surface area contributed by atoms with Crippen LogP contribution in [0.5, 0.6) is 0 Å². The number of hydrogen-bond acceptors (Lipinski definition) is 2. The van der Waals surface area contributed by atoms with E-state index in [-0.39, 0.29) is 0 Å². The Kier molecular flexibility index (Phi) is 5.33. The first kappa shape index (κ1) is 13.0. The highest BCUT2D eigenvalue weighted by atomic mass is 35.5. The van der Waals surface area contributed by atoms with Gasteiger partial charge in [-0.15, -0.1) is 0 Å². The molecule has 1 N–H and O–H groups in total. The van der Waals surface area contributed by atoms with Gasteiger partial charge in [-0.3, -0.25) is 4.79 Å². The standard InChI is InChI=1S/C13H18ClNO/c1-3-4-10(2)8-15-13-6-5-12(14)7-11(13)9-16/h5-7,9-10,15H,3-4,8H2,1-2H3. The summed E-state index contributed by atoms with van der Waals surface area (Å²) < 4.78 is 0. The first-order chi connectivity index (χ1) is 7.67. The zero-order valence-electron chi connectivity index (χ0n) is 9.79. The molecule has 0 fully saturated rings. The average Bonchev–Trinajstić information content (AvgIpc) is 2.27. The molecule has 0 heterocycles. The van der Waals surface area contributed by atoms with Crippen LogP contribution in [0.15, 0.2) is 18.2 Å². The Balaban J connectivity index is 2.62. The fraction of sp³-hybridized carbons (Fsp3) is 0.462. The molecule has 0 aromatic heterocycles. The van der Waals surface area contributed by atoms with Gasteiger partial charge in [0.25, 0.3) is 0 Å². The topological polar surface area (TPSA) is 29.1 Å². The summed E-state index contributed by atoms with van der Waals surface area (Å²) >= 11 is 5.82. The van der Waals surface area contributed by atoms with Crippen molar-refractivity contribution in [2.24, 2.45) is 5.92 Å². The van der Waals surface area contributed by atoms with Crippen molar-refractivity contribution in [3.05, 3.63) is 28.8 Å². The number of halogens is 1. The van der Waals surface area contributed by atoms with Gasteiger partial charge >= 0.3 is 0 Å². The minimum absolute atomic E-state index is 0.592. The fourth-order valence-electron chi connectivity index (χ4n) is 1.67. The summed E-state index contributed by atoms with van der Waals surface area (Å²) in [4.78, 5) is 10.9. The molecule has 2 nitrogen and oxygen atoms in total. The number of nitrogens with one attached hydrogen (secondary N) is 1. The van der Waals surface area contributed by atoms with Crippen LogP contribution in [0.1, 0.15) is 37.0 Å². The Labute approximate surface area is 102 Å². The summed E-state index contributed by atoms with van der Waals surface area (Å²) in [5, 5.41) is 3.88. The summed E-state index contributed by atoms with van der Waals surface area (Å²) in [6, 6.07) is 5.33. The maximum absolute atomic E-state index is 10.9. The van der Waals surface area contributed by atoms with E-state index >= 15 is 0 Å². The normalized spacial score (nSPS) is 12.2. The third-order valence-electron chi connectivity index (χ3n) is 2.56. The highest BCUT2D eigenvalue weighted by molar-refractivity contribution is 6.31. The maximum Gasteiger partial charge on any atom is 0.152 e. The van der Waals surface area contributed by atoms with Gasteiger partial charge in [-0.1, -0.05) is 31.9 Å². The number of carbonyl (C=O) groups excluding carboxylic acids is 1. The van der Waals surface area contributed by atoms with Gasteiger partial charge in [-0.25, -0.2) is 0 Å². The number of benzene rings is 1. The van der Waals surface area contributed by atoms with E-state index in [9.17, 15) is 4.79 Å². The van der Waals surface area contributed by atoms with Crippen molar-refractivity contribution in [1.29, 1.82) is 0 Å². The molecule has 1 aromatic rings. The summed E-state index contributed by atoms with van der Waals surface area (Å²) in [6.07, 6.45) is 3.21. The second-order valence-electron chi connectivity index (χ2n) is 4.12. The molecule has 0 bridgehead atoms. The molecule has 1 unspecified atom stereocenters. The van der Waals surface area contributed by atoms with E-state index in [0.717, 1.165) is 18.5 Å². The van der Waals surface area contributed by atoms with E-state index in [1.54, 1.807) is 12.1 Å². The van der Waals surface area contributed by atoms with E-state index < -0.39 is 0 Å². The van der Waals surface area contributed by atoms with Gasteiger partial charge in [0.2, 0.25) is 0 Å². The van der Waals surface area contributed by atoms with Crippen LogP contribution in [0, 0.1) is 5.92 Å². The van der Waals surface area contributed by atoms with Gasteiger partial charge < -0.3 is 5.32 Å². The second kappa shape index (κ2) is 6.54. The third-order valence-corrected chi connectivity index (χ3v) is 2.80. The van der Waals surface area contributed by atoms with Gasteiger partial charge in [0.15, 0.2) is 6.29 Å². The lowest BCUT2D eigenvalue weighted by atomic mass is 10.1. The molecular formula is C13H18ClNO. The van der Waals surface area contributed by atoms with Gasteiger partial charge in [-0.2, -0.15) is 0 Å². The number of hydrogen-bond donors (Lipinski definition) is 1. The molecule has 0 saturated carbocycles. The van der Waals surface area contributed by atoms with E-state index in [1.165, 1.54) is 12.8 Å². The van der Waals surface area contributed by atoms with Crippen LogP contribution in [0.25, 0.3) is 0 Å². The molecule has 0 radical (unpaired) electrons. The predicted octanol–water partition coefficient (Wildman–Crippen LogP) is 4.00. The Bertz CT molecular complexity index is 352. The Morgan fingerprint density at radius 1 is 1.50 bits per heavy atom. The first-order valence-electron chi connectivity index (χ1n) is 5.66. The molecule has 0 saturated heterocycles.